The van der Waals surface area contributed by atoms with Crippen LogP contribution in [0, 0.1) is 0 Å². The molecule has 0 amide bonds. The summed E-state index contributed by atoms with van der Waals surface area (Å²) in [6, 6.07) is 5.64. The lowest BCUT2D eigenvalue weighted by atomic mass is 10.2. The fourth-order valence-corrected chi connectivity index (χ4v) is 2.86. The normalized spacial score (nSPS) is 15.9. The number of halogens is 2. The van der Waals surface area contributed by atoms with Gasteiger partial charge in [-0.1, -0.05) is 15.9 Å². The predicted molar refractivity (Wildman–Crippen MR) is 90.1 cm³/mol. The Labute approximate surface area is 137 Å². The molecule has 7 heteroatoms. The molecule has 0 spiro atoms. The molecule has 0 saturated carbocycles. The van der Waals surface area contributed by atoms with Crippen molar-refractivity contribution < 1.29 is 0 Å². The van der Waals surface area contributed by atoms with Crippen molar-refractivity contribution in [2.45, 2.75) is 6.54 Å². The van der Waals surface area contributed by atoms with E-state index in [-0.39, 0.29) is 18.0 Å². The number of hydrogen-bond acceptors (Lipinski definition) is 4. The molecule has 0 bridgehead atoms. The van der Waals surface area contributed by atoms with Crippen LogP contribution < -0.4 is 10.9 Å². The molecule has 0 aliphatic carbocycles. The molecule has 1 aliphatic rings. The van der Waals surface area contributed by atoms with Crippen molar-refractivity contribution in [3.63, 3.8) is 0 Å². The molecular formula is C14H18BrClN4O. The monoisotopic (exact) mass is 372 g/mol. The van der Waals surface area contributed by atoms with Crippen LogP contribution in [0.15, 0.2) is 27.5 Å². The van der Waals surface area contributed by atoms with Crippen LogP contribution in [0.3, 0.4) is 0 Å². The Hall–Kier alpha value is -0.950. The van der Waals surface area contributed by atoms with Crippen molar-refractivity contribution in [1.82, 2.24) is 19.8 Å². The van der Waals surface area contributed by atoms with Gasteiger partial charge in [0, 0.05) is 37.7 Å². The summed E-state index contributed by atoms with van der Waals surface area (Å²) >= 11 is 3.40. The maximum absolute atomic E-state index is 12.4. The minimum atomic E-state index is 0. The van der Waals surface area contributed by atoms with E-state index < -0.39 is 0 Å². The van der Waals surface area contributed by atoms with Gasteiger partial charge in [-0.2, -0.15) is 0 Å². The SMILES string of the molecule is Cl.Cn1c(CN2CCNCC2)nc2ccc(Br)cc2c1=O. The fourth-order valence-electron chi connectivity index (χ4n) is 2.50. The topological polar surface area (TPSA) is 50.2 Å². The van der Waals surface area contributed by atoms with Gasteiger partial charge in [-0.05, 0) is 18.2 Å². The summed E-state index contributed by atoms with van der Waals surface area (Å²) in [6.07, 6.45) is 0. The Kier molecular flexibility index (Phi) is 5.37. The van der Waals surface area contributed by atoms with Crippen LogP contribution in [0.2, 0.25) is 0 Å². The molecule has 1 saturated heterocycles. The van der Waals surface area contributed by atoms with Gasteiger partial charge in [-0.25, -0.2) is 4.98 Å². The van der Waals surface area contributed by atoms with Crippen LogP contribution in [-0.2, 0) is 13.6 Å². The second-order valence-electron chi connectivity index (χ2n) is 5.08. The van der Waals surface area contributed by atoms with Crippen molar-refractivity contribution in [3.8, 4) is 0 Å². The summed E-state index contributed by atoms with van der Waals surface area (Å²) in [7, 11) is 1.80. The number of fused-ring (bicyclic) bond motifs is 1. The van der Waals surface area contributed by atoms with Gasteiger partial charge in [0.1, 0.15) is 5.82 Å². The molecule has 1 aliphatic heterocycles. The quantitative estimate of drug-likeness (QED) is 0.867. The van der Waals surface area contributed by atoms with Crippen molar-refractivity contribution in [3.05, 3.63) is 38.9 Å². The fraction of sp³-hybridized carbons (Fsp3) is 0.429. The molecule has 1 aromatic carbocycles. The standard InChI is InChI=1S/C14H17BrN4O.ClH/c1-18-13(9-19-6-4-16-5-7-19)17-12-3-2-10(15)8-11(12)14(18)20;/h2-3,8,16H,4-7,9H2,1H3;1H. The summed E-state index contributed by atoms with van der Waals surface area (Å²) in [5.74, 6) is 0.826. The number of hydrogen-bond donors (Lipinski definition) is 1. The average Bonchev–Trinajstić information content (AvgIpc) is 2.46. The molecule has 2 heterocycles. The van der Waals surface area contributed by atoms with E-state index in [1.165, 1.54) is 0 Å². The van der Waals surface area contributed by atoms with Gasteiger partial charge < -0.3 is 5.32 Å². The summed E-state index contributed by atoms with van der Waals surface area (Å²) < 4.78 is 2.57. The van der Waals surface area contributed by atoms with E-state index in [4.69, 9.17) is 0 Å². The van der Waals surface area contributed by atoms with Gasteiger partial charge in [0.15, 0.2) is 0 Å². The minimum absolute atomic E-state index is 0. The first-order valence-corrected chi connectivity index (χ1v) is 7.53. The maximum atomic E-state index is 12.4. The summed E-state index contributed by atoms with van der Waals surface area (Å²) in [5, 5.41) is 3.98. The first-order valence-electron chi connectivity index (χ1n) is 6.73. The minimum Gasteiger partial charge on any atom is -0.314 e. The molecule has 0 atom stereocenters. The number of nitrogens with one attached hydrogen (secondary N) is 1. The van der Waals surface area contributed by atoms with Gasteiger partial charge in [0.05, 0.1) is 17.4 Å². The molecule has 2 aromatic rings. The van der Waals surface area contributed by atoms with Crippen LogP contribution >= 0.6 is 28.3 Å². The summed E-state index contributed by atoms with van der Waals surface area (Å²) in [4.78, 5) is 19.4. The second kappa shape index (κ2) is 6.87. The highest BCUT2D eigenvalue weighted by atomic mass is 79.9. The van der Waals surface area contributed by atoms with E-state index in [1.807, 2.05) is 18.2 Å². The first-order chi connectivity index (χ1) is 9.65. The zero-order valence-corrected chi connectivity index (χ0v) is 14.2. The number of benzene rings is 1. The molecule has 5 nitrogen and oxygen atoms in total. The Morgan fingerprint density at radius 2 is 2.05 bits per heavy atom. The van der Waals surface area contributed by atoms with Crippen LogP contribution in [-0.4, -0.2) is 40.6 Å². The third-order valence-electron chi connectivity index (χ3n) is 3.70. The molecule has 1 N–H and O–H groups in total. The Morgan fingerprint density at radius 1 is 1.33 bits per heavy atom. The van der Waals surface area contributed by atoms with E-state index in [1.54, 1.807) is 11.6 Å². The molecule has 21 heavy (non-hydrogen) atoms. The molecule has 0 unspecified atom stereocenters. The average molecular weight is 374 g/mol. The number of piperazine rings is 1. The van der Waals surface area contributed by atoms with E-state index in [0.29, 0.717) is 5.39 Å². The van der Waals surface area contributed by atoms with Gasteiger partial charge in [-0.3, -0.25) is 14.3 Å². The maximum Gasteiger partial charge on any atom is 0.261 e. The Morgan fingerprint density at radius 3 is 2.76 bits per heavy atom. The molecule has 3 rings (SSSR count). The first kappa shape index (κ1) is 16.4. The predicted octanol–water partition coefficient (Wildman–Crippen LogP) is 1.52. The Bertz CT molecular complexity index is 697. The van der Waals surface area contributed by atoms with Crippen molar-refractivity contribution in [1.29, 1.82) is 0 Å². The molecule has 0 radical (unpaired) electrons. The van der Waals surface area contributed by atoms with Gasteiger partial charge >= 0.3 is 0 Å². The van der Waals surface area contributed by atoms with Gasteiger partial charge in [0.25, 0.3) is 5.56 Å². The number of rotatable bonds is 2. The van der Waals surface area contributed by atoms with Crippen LogP contribution in [0.1, 0.15) is 5.82 Å². The van der Waals surface area contributed by atoms with Crippen molar-refractivity contribution in [2.75, 3.05) is 26.2 Å². The zero-order chi connectivity index (χ0) is 14.1. The van der Waals surface area contributed by atoms with E-state index in [2.05, 4.69) is 31.1 Å². The van der Waals surface area contributed by atoms with Crippen molar-refractivity contribution >= 4 is 39.2 Å². The third kappa shape index (κ3) is 3.45. The second-order valence-corrected chi connectivity index (χ2v) is 6.00. The largest absolute Gasteiger partial charge is 0.314 e. The van der Waals surface area contributed by atoms with Crippen LogP contribution in [0.5, 0.6) is 0 Å². The summed E-state index contributed by atoms with van der Waals surface area (Å²) in [6.45, 7) is 4.70. The molecule has 114 valence electrons. The summed E-state index contributed by atoms with van der Waals surface area (Å²) in [5.41, 5.74) is 0.780. The molecular weight excluding hydrogens is 356 g/mol. The highest BCUT2D eigenvalue weighted by molar-refractivity contribution is 9.10. The van der Waals surface area contributed by atoms with E-state index >= 15 is 0 Å². The third-order valence-corrected chi connectivity index (χ3v) is 4.20. The van der Waals surface area contributed by atoms with E-state index in [0.717, 1.165) is 48.5 Å². The molecule has 1 aromatic heterocycles. The zero-order valence-electron chi connectivity index (χ0n) is 11.8. The van der Waals surface area contributed by atoms with Crippen molar-refractivity contribution in [2.24, 2.45) is 7.05 Å². The van der Waals surface area contributed by atoms with E-state index in [9.17, 15) is 4.79 Å². The lowest BCUT2D eigenvalue weighted by Crippen LogP contribution is -2.43. The lowest BCUT2D eigenvalue weighted by molar-refractivity contribution is 0.225. The van der Waals surface area contributed by atoms with Gasteiger partial charge in [-0.15, -0.1) is 12.4 Å². The van der Waals surface area contributed by atoms with Crippen LogP contribution in [0.25, 0.3) is 10.9 Å². The Balaban J connectivity index is 0.00000161. The van der Waals surface area contributed by atoms with Gasteiger partial charge in [0.2, 0.25) is 0 Å². The number of nitrogens with zero attached hydrogens (tertiary/aromatic N) is 3. The molecule has 1 fully saturated rings. The smallest absolute Gasteiger partial charge is 0.261 e. The lowest BCUT2D eigenvalue weighted by Gasteiger charge is -2.27. The highest BCUT2D eigenvalue weighted by Crippen LogP contribution is 2.16. The highest BCUT2D eigenvalue weighted by Gasteiger charge is 2.14. The van der Waals surface area contributed by atoms with Crippen LogP contribution in [0.4, 0.5) is 0 Å². The number of aromatic nitrogens is 2.